The average molecular weight is 251 g/mol. The summed E-state index contributed by atoms with van der Waals surface area (Å²) < 4.78 is 0. The van der Waals surface area contributed by atoms with Crippen LogP contribution < -0.4 is 10.6 Å². The van der Waals surface area contributed by atoms with Crippen LogP contribution in [0.25, 0.3) is 0 Å². The minimum atomic E-state index is 0.533. The number of guanidine groups is 1. The van der Waals surface area contributed by atoms with Crippen molar-refractivity contribution in [2.45, 2.75) is 32.2 Å². The zero-order valence-electron chi connectivity index (χ0n) is 10.7. The number of hydrogen-bond acceptors (Lipinski definition) is 2. The molecule has 0 amide bonds. The Hall–Kier alpha value is -1.03. The zero-order valence-corrected chi connectivity index (χ0v) is 11.6. The third kappa shape index (κ3) is 3.46. The Labute approximate surface area is 107 Å². The van der Waals surface area contributed by atoms with Gasteiger partial charge in [0, 0.05) is 30.4 Å². The summed E-state index contributed by atoms with van der Waals surface area (Å²) in [7, 11) is 1.83. The van der Waals surface area contributed by atoms with Crippen LogP contribution in [0.3, 0.4) is 0 Å². The minimum Gasteiger partial charge on any atom is -0.356 e. The van der Waals surface area contributed by atoms with E-state index in [-0.39, 0.29) is 0 Å². The quantitative estimate of drug-likeness (QED) is 0.637. The molecule has 3 nitrogen and oxygen atoms in total. The molecule has 0 spiro atoms. The monoisotopic (exact) mass is 251 g/mol. The van der Waals surface area contributed by atoms with Crippen LogP contribution >= 0.6 is 11.3 Å². The Morgan fingerprint density at radius 3 is 2.94 bits per heavy atom. The van der Waals surface area contributed by atoms with Gasteiger partial charge in [0.1, 0.15) is 0 Å². The fraction of sp³-hybridized carbons (Fsp3) is 0.615. The van der Waals surface area contributed by atoms with Gasteiger partial charge in [0.15, 0.2) is 5.96 Å². The third-order valence-corrected chi connectivity index (χ3v) is 4.36. The molecule has 2 N–H and O–H groups in total. The lowest BCUT2D eigenvalue weighted by Gasteiger charge is -2.15. The number of hydrogen-bond donors (Lipinski definition) is 2. The second kappa shape index (κ2) is 5.54. The van der Waals surface area contributed by atoms with Crippen molar-refractivity contribution in [2.75, 3.05) is 13.6 Å². The number of aliphatic imine (C=N–C) groups is 1. The molecule has 3 atom stereocenters. The van der Waals surface area contributed by atoms with Gasteiger partial charge in [-0.2, -0.15) is 0 Å². The molecule has 94 valence electrons. The fourth-order valence-corrected chi connectivity index (χ4v) is 2.60. The summed E-state index contributed by atoms with van der Waals surface area (Å²) in [4.78, 5) is 5.68. The summed E-state index contributed by atoms with van der Waals surface area (Å²) in [6, 6.07) is 4.92. The molecule has 1 fully saturated rings. The normalized spacial score (nSPS) is 25.5. The lowest BCUT2D eigenvalue weighted by molar-refractivity contribution is 0.699. The summed E-state index contributed by atoms with van der Waals surface area (Å²) in [5.74, 6) is 2.26. The first-order valence-corrected chi connectivity index (χ1v) is 7.09. The van der Waals surface area contributed by atoms with E-state index in [0.29, 0.717) is 12.0 Å². The van der Waals surface area contributed by atoms with Crippen molar-refractivity contribution in [2.24, 2.45) is 10.9 Å². The van der Waals surface area contributed by atoms with Crippen LogP contribution in [-0.4, -0.2) is 25.6 Å². The first kappa shape index (κ1) is 12.4. The smallest absolute Gasteiger partial charge is 0.191 e. The first-order valence-electron chi connectivity index (χ1n) is 6.21. The maximum Gasteiger partial charge on any atom is 0.191 e. The highest BCUT2D eigenvalue weighted by atomic mass is 32.1. The SMILES string of the molecule is CN=C(NCC(C)c1cccs1)NC1CC1C. The van der Waals surface area contributed by atoms with Crippen molar-refractivity contribution >= 4 is 17.3 Å². The van der Waals surface area contributed by atoms with E-state index in [1.165, 1.54) is 11.3 Å². The highest BCUT2D eigenvalue weighted by molar-refractivity contribution is 7.10. The standard InChI is InChI=1S/C13H21N3S/c1-9-7-11(9)16-13(14-3)15-8-10(2)12-5-4-6-17-12/h4-6,9-11H,7-8H2,1-3H3,(H2,14,15,16). The van der Waals surface area contributed by atoms with Gasteiger partial charge in [-0.15, -0.1) is 11.3 Å². The maximum atomic E-state index is 4.25. The molecule has 0 aromatic carbocycles. The van der Waals surface area contributed by atoms with Gasteiger partial charge in [0.05, 0.1) is 0 Å². The van der Waals surface area contributed by atoms with E-state index >= 15 is 0 Å². The van der Waals surface area contributed by atoms with E-state index in [2.05, 4.69) is 47.0 Å². The molecule has 3 unspecified atom stereocenters. The van der Waals surface area contributed by atoms with Crippen molar-refractivity contribution in [1.29, 1.82) is 0 Å². The Morgan fingerprint density at radius 2 is 2.41 bits per heavy atom. The number of rotatable bonds is 4. The molecule has 1 heterocycles. The van der Waals surface area contributed by atoms with Gasteiger partial charge < -0.3 is 10.6 Å². The highest BCUT2D eigenvalue weighted by Gasteiger charge is 2.33. The van der Waals surface area contributed by atoms with Gasteiger partial charge in [-0.3, -0.25) is 4.99 Å². The highest BCUT2D eigenvalue weighted by Crippen LogP contribution is 2.28. The van der Waals surface area contributed by atoms with Crippen molar-refractivity contribution in [1.82, 2.24) is 10.6 Å². The van der Waals surface area contributed by atoms with E-state index in [1.54, 1.807) is 0 Å². The third-order valence-electron chi connectivity index (χ3n) is 3.26. The topological polar surface area (TPSA) is 36.4 Å². The molecule has 4 heteroatoms. The second-order valence-electron chi connectivity index (χ2n) is 4.83. The average Bonchev–Trinajstić information content (AvgIpc) is 2.85. The van der Waals surface area contributed by atoms with Gasteiger partial charge in [0.2, 0.25) is 0 Å². The van der Waals surface area contributed by atoms with Crippen LogP contribution in [0.1, 0.15) is 31.1 Å². The molecule has 0 aliphatic heterocycles. The Kier molecular flexibility index (Phi) is 4.05. The lowest BCUT2D eigenvalue weighted by Crippen LogP contribution is -2.40. The summed E-state index contributed by atoms with van der Waals surface area (Å²) in [6.07, 6.45) is 1.27. The summed E-state index contributed by atoms with van der Waals surface area (Å²) >= 11 is 1.82. The number of nitrogens with one attached hydrogen (secondary N) is 2. The van der Waals surface area contributed by atoms with E-state index in [0.717, 1.165) is 18.4 Å². The van der Waals surface area contributed by atoms with E-state index < -0.39 is 0 Å². The molecule has 2 rings (SSSR count). The molecule has 1 aromatic rings. The number of nitrogens with zero attached hydrogens (tertiary/aromatic N) is 1. The molecule has 0 saturated heterocycles. The van der Waals surface area contributed by atoms with Gasteiger partial charge >= 0.3 is 0 Å². The first-order chi connectivity index (χ1) is 8.20. The van der Waals surface area contributed by atoms with Crippen molar-refractivity contribution in [3.05, 3.63) is 22.4 Å². The molecule has 0 radical (unpaired) electrons. The predicted molar refractivity (Wildman–Crippen MR) is 74.8 cm³/mol. The molecule has 1 aliphatic rings. The van der Waals surface area contributed by atoms with E-state index in [1.807, 2.05) is 18.4 Å². The largest absolute Gasteiger partial charge is 0.356 e. The predicted octanol–water partition coefficient (Wildman–Crippen LogP) is 2.43. The lowest BCUT2D eigenvalue weighted by atomic mass is 10.1. The van der Waals surface area contributed by atoms with Crippen LogP contribution in [0.2, 0.25) is 0 Å². The van der Waals surface area contributed by atoms with Gasteiger partial charge in [-0.05, 0) is 23.8 Å². The summed E-state index contributed by atoms with van der Waals surface area (Å²) in [6.45, 7) is 5.44. The summed E-state index contributed by atoms with van der Waals surface area (Å²) in [5, 5.41) is 8.96. The zero-order chi connectivity index (χ0) is 12.3. The van der Waals surface area contributed by atoms with Crippen molar-refractivity contribution < 1.29 is 0 Å². The molecule has 0 bridgehead atoms. The fourth-order valence-electron chi connectivity index (χ4n) is 1.82. The van der Waals surface area contributed by atoms with Gasteiger partial charge in [-0.1, -0.05) is 19.9 Å². The Balaban J connectivity index is 1.76. The number of thiophene rings is 1. The molecule has 1 aromatic heterocycles. The van der Waals surface area contributed by atoms with Gasteiger partial charge in [-0.25, -0.2) is 0 Å². The van der Waals surface area contributed by atoms with Crippen LogP contribution in [0.15, 0.2) is 22.5 Å². The maximum absolute atomic E-state index is 4.25. The molecular weight excluding hydrogens is 230 g/mol. The van der Waals surface area contributed by atoms with Crippen LogP contribution in [-0.2, 0) is 0 Å². The van der Waals surface area contributed by atoms with Crippen LogP contribution in [0, 0.1) is 5.92 Å². The molecule has 1 saturated carbocycles. The summed E-state index contributed by atoms with van der Waals surface area (Å²) in [5.41, 5.74) is 0. The molecule has 1 aliphatic carbocycles. The molecule has 17 heavy (non-hydrogen) atoms. The van der Waals surface area contributed by atoms with E-state index in [4.69, 9.17) is 0 Å². The Morgan fingerprint density at radius 1 is 1.65 bits per heavy atom. The van der Waals surface area contributed by atoms with Gasteiger partial charge in [0.25, 0.3) is 0 Å². The van der Waals surface area contributed by atoms with Crippen molar-refractivity contribution in [3.8, 4) is 0 Å². The minimum absolute atomic E-state index is 0.533. The molecular formula is C13H21N3S. The van der Waals surface area contributed by atoms with Crippen LogP contribution in [0.5, 0.6) is 0 Å². The Bertz CT molecular complexity index is 372. The van der Waals surface area contributed by atoms with Crippen LogP contribution in [0.4, 0.5) is 0 Å². The second-order valence-corrected chi connectivity index (χ2v) is 5.81. The van der Waals surface area contributed by atoms with E-state index in [9.17, 15) is 0 Å². The van der Waals surface area contributed by atoms with Crippen molar-refractivity contribution in [3.63, 3.8) is 0 Å².